The van der Waals surface area contributed by atoms with Crippen LogP contribution in [-0.4, -0.2) is 31.3 Å². The van der Waals surface area contributed by atoms with Gasteiger partial charge in [-0.25, -0.2) is 0 Å². The maximum Gasteiger partial charge on any atom is 0.287 e. The SMILES string of the molecule is CSc1ccc(C(=O)NC2CCNCC2C)o1. The second kappa shape index (κ2) is 5.60. The summed E-state index contributed by atoms with van der Waals surface area (Å²) < 4.78 is 5.41. The number of amides is 1. The maximum atomic E-state index is 12.0. The number of hydrogen-bond donors (Lipinski definition) is 2. The number of thioether (sulfide) groups is 1. The summed E-state index contributed by atoms with van der Waals surface area (Å²) in [5.74, 6) is 0.756. The number of furan rings is 1. The van der Waals surface area contributed by atoms with Crippen LogP contribution in [0.4, 0.5) is 0 Å². The van der Waals surface area contributed by atoms with Crippen molar-refractivity contribution in [3.63, 3.8) is 0 Å². The summed E-state index contributed by atoms with van der Waals surface area (Å²) in [6.07, 6.45) is 2.90. The topological polar surface area (TPSA) is 54.3 Å². The van der Waals surface area contributed by atoms with Crippen LogP contribution < -0.4 is 10.6 Å². The second-order valence-electron chi connectivity index (χ2n) is 4.37. The van der Waals surface area contributed by atoms with Crippen LogP contribution in [0.3, 0.4) is 0 Å². The summed E-state index contributed by atoms with van der Waals surface area (Å²) in [5.41, 5.74) is 0. The molecule has 2 rings (SSSR count). The summed E-state index contributed by atoms with van der Waals surface area (Å²) in [7, 11) is 0. The summed E-state index contributed by atoms with van der Waals surface area (Å²) >= 11 is 1.50. The van der Waals surface area contributed by atoms with Crippen molar-refractivity contribution in [3.05, 3.63) is 17.9 Å². The van der Waals surface area contributed by atoms with Gasteiger partial charge in [0.1, 0.15) is 0 Å². The summed E-state index contributed by atoms with van der Waals surface area (Å²) in [6.45, 7) is 4.06. The third-order valence-corrected chi connectivity index (χ3v) is 3.73. The minimum Gasteiger partial charge on any atom is -0.445 e. The molecule has 0 aliphatic carbocycles. The lowest BCUT2D eigenvalue weighted by Crippen LogP contribution is -2.48. The van der Waals surface area contributed by atoms with Crippen LogP contribution in [0.1, 0.15) is 23.9 Å². The molecule has 1 aromatic heterocycles. The predicted octanol–water partition coefficient (Wildman–Crippen LogP) is 1.73. The van der Waals surface area contributed by atoms with Gasteiger partial charge in [0.15, 0.2) is 10.9 Å². The van der Waals surface area contributed by atoms with Crippen molar-refractivity contribution >= 4 is 17.7 Å². The molecule has 5 heteroatoms. The lowest BCUT2D eigenvalue weighted by molar-refractivity contribution is 0.0881. The molecule has 1 saturated heterocycles. The molecule has 1 aliphatic rings. The molecule has 1 aromatic rings. The first-order chi connectivity index (χ1) is 8.20. The smallest absolute Gasteiger partial charge is 0.287 e. The van der Waals surface area contributed by atoms with Crippen molar-refractivity contribution in [1.82, 2.24) is 10.6 Å². The van der Waals surface area contributed by atoms with Crippen LogP contribution in [0.25, 0.3) is 0 Å². The van der Waals surface area contributed by atoms with E-state index in [0.29, 0.717) is 11.7 Å². The van der Waals surface area contributed by atoms with E-state index in [1.807, 2.05) is 12.3 Å². The van der Waals surface area contributed by atoms with Gasteiger partial charge in [0.05, 0.1) is 0 Å². The largest absolute Gasteiger partial charge is 0.445 e. The Morgan fingerprint density at radius 3 is 3.06 bits per heavy atom. The van der Waals surface area contributed by atoms with Crippen molar-refractivity contribution in [2.24, 2.45) is 5.92 Å². The standard InChI is InChI=1S/C12H18N2O2S/c1-8-7-13-6-5-9(8)14-12(15)10-3-4-11(16-10)17-2/h3-4,8-9,13H,5-7H2,1-2H3,(H,14,15). The Balaban J connectivity index is 1.96. The Hall–Kier alpha value is -0.940. The van der Waals surface area contributed by atoms with Crippen LogP contribution >= 0.6 is 11.8 Å². The van der Waals surface area contributed by atoms with Crippen molar-refractivity contribution in [1.29, 1.82) is 0 Å². The van der Waals surface area contributed by atoms with E-state index < -0.39 is 0 Å². The molecule has 1 amide bonds. The second-order valence-corrected chi connectivity index (χ2v) is 5.18. The third kappa shape index (κ3) is 3.04. The lowest BCUT2D eigenvalue weighted by Gasteiger charge is -2.29. The summed E-state index contributed by atoms with van der Waals surface area (Å²) in [4.78, 5) is 12.0. The molecular weight excluding hydrogens is 236 g/mol. The molecule has 0 saturated carbocycles. The van der Waals surface area contributed by atoms with Gasteiger partial charge < -0.3 is 15.1 Å². The van der Waals surface area contributed by atoms with E-state index in [1.54, 1.807) is 6.07 Å². The number of rotatable bonds is 3. The number of carbonyl (C=O) groups is 1. The molecule has 17 heavy (non-hydrogen) atoms. The van der Waals surface area contributed by atoms with E-state index in [0.717, 1.165) is 24.6 Å². The molecule has 2 heterocycles. The molecule has 4 nitrogen and oxygen atoms in total. The fraction of sp³-hybridized carbons (Fsp3) is 0.583. The van der Waals surface area contributed by atoms with Crippen LogP contribution in [0, 0.1) is 5.92 Å². The van der Waals surface area contributed by atoms with E-state index in [2.05, 4.69) is 17.6 Å². The fourth-order valence-electron chi connectivity index (χ4n) is 2.02. The van der Waals surface area contributed by atoms with Crippen LogP contribution in [-0.2, 0) is 0 Å². The number of hydrogen-bond acceptors (Lipinski definition) is 4. The zero-order valence-electron chi connectivity index (χ0n) is 10.2. The van der Waals surface area contributed by atoms with E-state index in [-0.39, 0.29) is 11.9 Å². The Morgan fingerprint density at radius 1 is 1.59 bits per heavy atom. The molecule has 2 unspecified atom stereocenters. The van der Waals surface area contributed by atoms with Crippen LogP contribution in [0.15, 0.2) is 21.6 Å². The first-order valence-corrected chi connectivity index (χ1v) is 7.08. The van der Waals surface area contributed by atoms with Gasteiger partial charge in [-0.15, -0.1) is 0 Å². The quantitative estimate of drug-likeness (QED) is 0.807. The first-order valence-electron chi connectivity index (χ1n) is 5.86. The van der Waals surface area contributed by atoms with Gasteiger partial charge in [-0.2, -0.15) is 0 Å². The third-order valence-electron chi connectivity index (χ3n) is 3.11. The van der Waals surface area contributed by atoms with Gasteiger partial charge in [0.25, 0.3) is 5.91 Å². The van der Waals surface area contributed by atoms with Crippen molar-refractivity contribution in [3.8, 4) is 0 Å². The van der Waals surface area contributed by atoms with E-state index in [4.69, 9.17) is 4.42 Å². The Morgan fingerprint density at radius 2 is 2.41 bits per heavy atom. The Labute approximate surface area is 106 Å². The van der Waals surface area contributed by atoms with Crippen molar-refractivity contribution in [2.45, 2.75) is 24.5 Å². The molecule has 2 atom stereocenters. The van der Waals surface area contributed by atoms with Gasteiger partial charge in [-0.1, -0.05) is 18.7 Å². The lowest BCUT2D eigenvalue weighted by atomic mass is 9.95. The summed E-state index contributed by atoms with van der Waals surface area (Å²) in [6, 6.07) is 3.80. The van der Waals surface area contributed by atoms with Crippen LogP contribution in [0.2, 0.25) is 0 Å². The molecule has 0 bridgehead atoms. The highest BCUT2D eigenvalue weighted by atomic mass is 32.2. The normalized spacial score (nSPS) is 24.6. The minimum absolute atomic E-state index is 0.107. The van der Waals surface area contributed by atoms with Crippen molar-refractivity contribution < 1.29 is 9.21 Å². The molecule has 2 N–H and O–H groups in total. The van der Waals surface area contributed by atoms with Gasteiger partial charge in [-0.05, 0) is 43.8 Å². The highest BCUT2D eigenvalue weighted by Crippen LogP contribution is 2.18. The molecule has 0 spiro atoms. The predicted molar refractivity (Wildman–Crippen MR) is 68.4 cm³/mol. The van der Waals surface area contributed by atoms with Gasteiger partial charge in [-0.3, -0.25) is 4.79 Å². The average molecular weight is 254 g/mol. The monoisotopic (exact) mass is 254 g/mol. The van der Waals surface area contributed by atoms with Gasteiger partial charge in [0, 0.05) is 6.04 Å². The Bertz CT molecular complexity index is 392. The average Bonchev–Trinajstić information content (AvgIpc) is 2.81. The van der Waals surface area contributed by atoms with Gasteiger partial charge >= 0.3 is 0 Å². The minimum atomic E-state index is -0.107. The molecule has 0 radical (unpaired) electrons. The number of piperidine rings is 1. The zero-order chi connectivity index (χ0) is 12.3. The molecule has 1 fully saturated rings. The van der Waals surface area contributed by atoms with Gasteiger partial charge in [0.2, 0.25) is 0 Å². The molecule has 1 aliphatic heterocycles. The van der Waals surface area contributed by atoms with Crippen LogP contribution in [0.5, 0.6) is 0 Å². The van der Waals surface area contributed by atoms with E-state index >= 15 is 0 Å². The highest BCUT2D eigenvalue weighted by molar-refractivity contribution is 7.98. The maximum absolute atomic E-state index is 12.0. The summed E-state index contributed by atoms with van der Waals surface area (Å²) in [5, 5.41) is 7.12. The highest BCUT2D eigenvalue weighted by Gasteiger charge is 2.24. The molecule has 0 aromatic carbocycles. The zero-order valence-corrected chi connectivity index (χ0v) is 11.0. The molecular formula is C12H18N2O2S. The molecule has 94 valence electrons. The Kier molecular flexibility index (Phi) is 4.12. The van der Waals surface area contributed by atoms with Crippen molar-refractivity contribution in [2.75, 3.05) is 19.3 Å². The fourth-order valence-corrected chi connectivity index (χ4v) is 2.40. The number of carbonyl (C=O) groups excluding carboxylic acids is 1. The number of nitrogens with one attached hydrogen (secondary N) is 2. The van der Waals surface area contributed by atoms with E-state index in [1.165, 1.54) is 11.8 Å². The first kappa shape index (κ1) is 12.5. The van der Waals surface area contributed by atoms with E-state index in [9.17, 15) is 4.79 Å².